The van der Waals surface area contributed by atoms with Crippen molar-refractivity contribution in [2.75, 3.05) is 7.11 Å². The molecule has 3 amide bonds. The van der Waals surface area contributed by atoms with Gasteiger partial charge in [-0.2, -0.15) is 0 Å². The second-order valence-corrected chi connectivity index (χ2v) is 3.16. The van der Waals surface area contributed by atoms with E-state index in [4.69, 9.17) is 4.74 Å². The van der Waals surface area contributed by atoms with Crippen LogP contribution in [0.15, 0.2) is 0 Å². The Morgan fingerprint density at radius 2 is 2.17 bits per heavy atom. The maximum absolute atomic E-state index is 11.2. The van der Waals surface area contributed by atoms with Crippen LogP contribution < -0.4 is 10.6 Å². The Bertz CT molecular complexity index is 247. The van der Waals surface area contributed by atoms with Crippen molar-refractivity contribution >= 4 is 11.9 Å². The number of amides is 3. The van der Waals surface area contributed by atoms with Crippen molar-refractivity contribution in [3.63, 3.8) is 0 Å². The SMILES string of the molecule is COC1(C2NC(=O)NC2=O)CC1. The molecule has 1 saturated carbocycles. The van der Waals surface area contributed by atoms with Crippen LogP contribution in [0.5, 0.6) is 0 Å². The molecule has 0 spiro atoms. The molecule has 2 aliphatic rings. The predicted octanol–water partition coefficient (Wildman–Crippen LogP) is -0.627. The fraction of sp³-hybridized carbons (Fsp3) is 0.714. The van der Waals surface area contributed by atoms with Gasteiger partial charge < -0.3 is 10.1 Å². The molecule has 2 rings (SSSR count). The Kier molecular flexibility index (Phi) is 1.38. The molecule has 1 heterocycles. The molecule has 0 aromatic rings. The fourth-order valence-corrected chi connectivity index (χ4v) is 1.52. The highest BCUT2D eigenvalue weighted by Crippen LogP contribution is 2.42. The first-order valence-electron chi connectivity index (χ1n) is 3.84. The van der Waals surface area contributed by atoms with Gasteiger partial charge in [0.05, 0.1) is 5.60 Å². The third kappa shape index (κ3) is 0.896. The van der Waals surface area contributed by atoms with Crippen molar-refractivity contribution < 1.29 is 14.3 Å². The summed E-state index contributed by atoms with van der Waals surface area (Å²) in [4.78, 5) is 21.9. The number of urea groups is 1. The van der Waals surface area contributed by atoms with Crippen molar-refractivity contribution in [1.29, 1.82) is 0 Å². The zero-order chi connectivity index (χ0) is 8.77. The van der Waals surface area contributed by atoms with Crippen LogP contribution in [0.25, 0.3) is 0 Å². The van der Waals surface area contributed by atoms with E-state index in [1.807, 2.05) is 0 Å². The van der Waals surface area contributed by atoms with Gasteiger partial charge in [-0.1, -0.05) is 0 Å². The van der Waals surface area contributed by atoms with Crippen LogP contribution in [-0.2, 0) is 9.53 Å². The molecule has 0 aromatic carbocycles. The summed E-state index contributed by atoms with van der Waals surface area (Å²) in [6, 6.07) is -0.914. The van der Waals surface area contributed by atoms with Crippen molar-refractivity contribution in [3.8, 4) is 0 Å². The van der Waals surface area contributed by atoms with Crippen LogP contribution in [-0.4, -0.2) is 30.7 Å². The minimum absolute atomic E-state index is 0.278. The van der Waals surface area contributed by atoms with E-state index in [0.29, 0.717) is 0 Å². The second kappa shape index (κ2) is 2.20. The lowest BCUT2D eigenvalue weighted by molar-refractivity contribution is -0.123. The topological polar surface area (TPSA) is 67.4 Å². The fourth-order valence-electron chi connectivity index (χ4n) is 1.52. The van der Waals surface area contributed by atoms with E-state index in [1.54, 1.807) is 7.11 Å². The van der Waals surface area contributed by atoms with E-state index in [1.165, 1.54) is 0 Å². The lowest BCUT2D eigenvalue weighted by atomic mass is 10.1. The molecule has 2 N–H and O–H groups in total. The molecule has 5 heteroatoms. The molecule has 66 valence electrons. The van der Waals surface area contributed by atoms with Gasteiger partial charge >= 0.3 is 6.03 Å². The summed E-state index contributed by atoms with van der Waals surface area (Å²) in [5, 5.41) is 4.71. The highest BCUT2D eigenvalue weighted by molar-refractivity contribution is 6.05. The average Bonchev–Trinajstić information content (AvgIpc) is 2.74. The number of carbonyl (C=O) groups is 2. The molecule has 1 aliphatic heterocycles. The Labute approximate surface area is 69.5 Å². The highest BCUT2D eigenvalue weighted by atomic mass is 16.5. The Morgan fingerprint density at radius 1 is 1.50 bits per heavy atom. The van der Waals surface area contributed by atoms with Gasteiger partial charge in [-0.3, -0.25) is 10.1 Å². The van der Waals surface area contributed by atoms with E-state index in [0.717, 1.165) is 12.8 Å². The van der Waals surface area contributed by atoms with Crippen LogP contribution in [0.2, 0.25) is 0 Å². The van der Waals surface area contributed by atoms with Crippen molar-refractivity contribution in [1.82, 2.24) is 10.6 Å². The van der Waals surface area contributed by atoms with Gasteiger partial charge in [-0.05, 0) is 12.8 Å². The Hall–Kier alpha value is -1.10. The molecule has 12 heavy (non-hydrogen) atoms. The first kappa shape index (κ1) is 7.54. The quantitative estimate of drug-likeness (QED) is 0.542. The van der Waals surface area contributed by atoms with Crippen LogP contribution in [0.3, 0.4) is 0 Å². The summed E-state index contributed by atoms with van der Waals surface area (Å²) in [6.45, 7) is 0. The minimum Gasteiger partial charge on any atom is -0.376 e. The number of rotatable bonds is 2. The van der Waals surface area contributed by atoms with E-state index >= 15 is 0 Å². The van der Waals surface area contributed by atoms with Gasteiger partial charge in [-0.25, -0.2) is 4.79 Å². The number of hydrogen-bond donors (Lipinski definition) is 2. The van der Waals surface area contributed by atoms with Crippen molar-refractivity contribution in [2.24, 2.45) is 0 Å². The van der Waals surface area contributed by atoms with Crippen molar-refractivity contribution in [3.05, 3.63) is 0 Å². The first-order valence-corrected chi connectivity index (χ1v) is 3.84. The number of nitrogens with one attached hydrogen (secondary N) is 2. The molecular formula is C7H10N2O3. The summed E-state index contributed by atoms with van der Waals surface area (Å²) >= 11 is 0. The monoisotopic (exact) mass is 170 g/mol. The average molecular weight is 170 g/mol. The molecule has 1 atom stereocenters. The largest absolute Gasteiger partial charge is 0.376 e. The van der Waals surface area contributed by atoms with Crippen LogP contribution >= 0.6 is 0 Å². The molecule has 2 fully saturated rings. The zero-order valence-electron chi connectivity index (χ0n) is 6.72. The number of methoxy groups -OCH3 is 1. The van der Waals surface area contributed by atoms with Gasteiger partial charge in [0.25, 0.3) is 5.91 Å². The van der Waals surface area contributed by atoms with E-state index < -0.39 is 17.7 Å². The maximum Gasteiger partial charge on any atom is 0.322 e. The number of hydrogen-bond acceptors (Lipinski definition) is 3. The normalized spacial score (nSPS) is 31.2. The number of imide groups is 1. The van der Waals surface area contributed by atoms with Crippen LogP contribution in [0.4, 0.5) is 4.79 Å². The molecule has 1 aliphatic carbocycles. The van der Waals surface area contributed by atoms with Gasteiger partial charge in [0, 0.05) is 7.11 Å². The molecule has 0 bridgehead atoms. The molecular weight excluding hydrogens is 160 g/mol. The van der Waals surface area contributed by atoms with Crippen LogP contribution in [0.1, 0.15) is 12.8 Å². The smallest absolute Gasteiger partial charge is 0.322 e. The third-order valence-electron chi connectivity index (χ3n) is 2.45. The third-order valence-corrected chi connectivity index (χ3v) is 2.45. The Morgan fingerprint density at radius 3 is 2.50 bits per heavy atom. The minimum atomic E-state index is -0.491. The van der Waals surface area contributed by atoms with Crippen LogP contribution in [0, 0.1) is 0 Å². The van der Waals surface area contributed by atoms with Gasteiger partial charge in [0.15, 0.2) is 0 Å². The maximum atomic E-state index is 11.2. The molecule has 1 saturated heterocycles. The summed E-state index contributed by atoms with van der Waals surface area (Å²) in [5.41, 5.74) is -0.420. The number of ether oxygens (including phenoxy) is 1. The summed E-state index contributed by atoms with van der Waals surface area (Å²) < 4.78 is 5.18. The standard InChI is InChI=1S/C7H10N2O3/c1-12-7(2-3-7)4-5(10)9-6(11)8-4/h4H,2-3H2,1H3,(H2,8,9,10,11). The molecule has 5 nitrogen and oxygen atoms in total. The van der Waals surface area contributed by atoms with Gasteiger partial charge in [0.1, 0.15) is 6.04 Å². The summed E-state index contributed by atoms with van der Waals surface area (Å²) in [5.74, 6) is -0.278. The van der Waals surface area contributed by atoms with E-state index in [-0.39, 0.29) is 5.91 Å². The Balaban J connectivity index is 2.14. The summed E-state index contributed by atoms with van der Waals surface area (Å²) in [7, 11) is 1.56. The highest BCUT2D eigenvalue weighted by Gasteiger charge is 2.56. The zero-order valence-corrected chi connectivity index (χ0v) is 6.72. The molecule has 0 radical (unpaired) electrons. The predicted molar refractivity (Wildman–Crippen MR) is 39.4 cm³/mol. The van der Waals surface area contributed by atoms with Gasteiger partial charge in [-0.15, -0.1) is 0 Å². The van der Waals surface area contributed by atoms with Crippen molar-refractivity contribution in [2.45, 2.75) is 24.5 Å². The van der Waals surface area contributed by atoms with Gasteiger partial charge in [0.2, 0.25) is 0 Å². The van der Waals surface area contributed by atoms with E-state index in [2.05, 4.69) is 10.6 Å². The molecule has 0 aromatic heterocycles. The first-order chi connectivity index (χ1) is 5.68. The number of carbonyl (C=O) groups excluding carboxylic acids is 2. The lowest BCUT2D eigenvalue weighted by Crippen LogP contribution is -2.43. The molecule has 1 unspecified atom stereocenters. The van der Waals surface area contributed by atoms with E-state index in [9.17, 15) is 9.59 Å². The lowest BCUT2D eigenvalue weighted by Gasteiger charge is -2.17. The summed E-state index contributed by atoms with van der Waals surface area (Å²) in [6.07, 6.45) is 1.67. The second-order valence-electron chi connectivity index (χ2n) is 3.16.